The summed E-state index contributed by atoms with van der Waals surface area (Å²) in [6.07, 6.45) is 1.08. The van der Waals surface area contributed by atoms with Crippen LogP contribution in [0.3, 0.4) is 0 Å². The van der Waals surface area contributed by atoms with E-state index in [1.807, 2.05) is 0 Å². The zero-order chi connectivity index (χ0) is 27.1. The third kappa shape index (κ3) is 13.0. The molecule has 0 rings (SSSR count). The molecule has 14 heteroatoms. The Bertz CT molecular complexity index is 765. The molecule has 0 aliphatic carbocycles. The van der Waals surface area contributed by atoms with Crippen LogP contribution in [0.4, 0.5) is 0 Å². The second kappa shape index (κ2) is 16.7. The molecule has 0 aliphatic heterocycles. The Kier molecular flexibility index (Phi) is 15.3. The van der Waals surface area contributed by atoms with Gasteiger partial charge in [-0.15, -0.1) is 0 Å². The van der Waals surface area contributed by atoms with E-state index in [1.54, 1.807) is 20.1 Å². The molecule has 5 atom stereocenters. The molecule has 0 heterocycles. The molecule has 8 N–H and O–H groups in total. The van der Waals surface area contributed by atoms with Crippen LogP contribution in [0.15, 0.2) is 0 Å². The van der Waals surface area contributed by atoms with E-state index in [-0.39, 0.29) is 31.6 Å². The van der Waals surface area contributed by atoms with E-state index in [0.717, 1.165) is 0 Å². The lowest BCUT2D eigenvalue weighted by Gasteiger charge is -2.26. The van der Waals surface area contributed by atoms with Crippen LogP contribution in [-0.2, 0) is 28.8 Å². The fourth-order valence-electron chi connectivity index (χ4n) is 2.94. The van der Waals surface area contributed by atoms with E-state index in [4.69, 9.17) is 15.9 Å². The number of hydrogen-bond acceptors (Lipinski definition) is 8. The summed E-state index contributed by atoms with van der Waals surface area (Å²) in [5.41, 5.74) is 5.66. The van der Waals surface area contributed by atoms with Gasteiger partial charge in [-0.1, -0.05) is 20.3 Å². The van der Waals surface area contributed by atoms with E-state index in [2.05, 4.69) is 16.0 Å². The minimum Gasteiger partial charge on any atom is -0.481 e. The van der Waals surface area contributed by atoms with Crippen molar-refractivity contribution < 1.29 is 44.1 Å². The van der Waals surface area contributed by atoms with Gasteiger partial charge in [-0.05, 0) is 37.2 Å². The van der Waals surface area contributed by atoms with Crippen LogP contribution in [0.25, 0.3) is 0 Å². The average Bonchev–Trinajstić information content (AvgIpc) is 2.79. The molecule has 0 radical (unpaired) electrons. The number of carbonyl (C=O) groups excluding carboxylic acids is 3. The molecule has 0 bridgehead atoms. The SMILES string of the molecule is CCC(C)C(NC(=O)C(CCSC)NC(=O)C(CCC(=O)O)NC(=O)C(N)CCC(=O)O)C(=O)O. The van der Waals surface area contributed by atoms with Gasteiger partial charge in [-0.25, -0.2) is 4.79 Å². The van der Waals surface area contributed by atoms with Crippen molar-refractivity contribution in [2.24, 2.45) is 11.7 Å². The predicted molar refractivity (Wildman–Crippen MR) is 128 cm³/mol. The van der Waals surface area contributed by atoms with E-state index in [1.165, 1.54) is 11.8 Å². The van der Waals surface area contributed by atoms with Crippen LogP contribution in [0, 0.1) is 5.92 Å². The number of hydrogen-bond donors (Lipinski definition) is 7. The van der Waals surface area contributed by atoms with Crippen LogP contribution in [0.5, 0.6) is 0 Å². The molecule has 0 aromatic rings. The van der Waals surface area contributed by atoms with Crippen LogP contribution < -0.4 is 21.7 Å². The molecule has 0 saturated heterocycles. The van der Waals surface area contributed by atoms with Gasteiger partial charge < -0.3 is 37.0 Å². The standard InChI is InChI=1S/C21H36N4O9S/c1-4-11(2)17(21(33)34)25-20(32)14(9-10-35-3)24-19(31)13(6-8-16(28)29)23-18(30)12(22)5-7-15(26)27/h11-14,17H,4-10,22H2,1-3H3,(H,23,30)(H,24,31)(H,25,32)(H,26,27)(H,28,29)(H,33,34). The summed E-state index contributed by atoms with van der Waals surface area (Å²) in [5, 5.41) is 34.4. The number of carbonyl (C=O) groups is 6. The van der Waals surface area contributed by atoms with Crippen molar-refractivity contribution in [3.8, 4) is 0 Å². The van der Waals surface area contributed by atoms with Crippen molar-refractivity contribution in [3.05, 3.63) is 0 Å². The largest absolute Gasteiger partial charge is 0.481 e. The van der Waals surface area contributed by atoms with Gasteiger partial charge in [0.05, 0.1) is 6.04 Å². The normalized spacial score (nSPS) is 15.1. The summed E-state index contributed by atoms with van der Waals surface area (Å²) in [6.45, 7) is 3.44. The second-order valence-corrected chi connectivity index (χ2v) is 9.07. The zero-order valence-corrected chi connectivity index (χ0v) is 20.9. The first kappa shape index (κ1) is 32.1. The monoisotopic (exact) mass is 520 g/mol. The predicted octanol–water partition coefficient (Wildman–Crippen LogP) is -0.618. The van der Waals surface area contributed by atoms with Gasteiger partial charge in [-0.2, -0.15) is 11.8 Å². The Hall–Kier alpha value is -2.87. The molecule has 0 aliphatic rings. The second-order valence-electron chi connectivity index (χ2n) is 8.09. The number of carboxylic acids is 3. The van der Waals surface area contributed by atoms with Crippen LogP contribution >= 0.6 is 11.8 Å². The Balaban J connectivity index is 5.55. The highest BCUT2D eigenvalue weighted by atomic mass is 32.2. The highest BCUT2D eigenvalue weighted by Gasteiger charge is 2.32. The zero-order valence-electron chi connectivity index (χ0n) is 20.1. The molecule has 0 fully saturated rings. The fraction of sp³-hybridized carbons (Fsp3) is 0.714. The van der Waals surface area contributed by atoms with Crippen LogP contribution in [0.2, 0.25) is 0 Å². The summed E-state index contributed by atoms with van der Waals surface area (Å²) in [4.78, 5) is 71.4. The van der Waals surface area contributed by atoms with Crippen molar-refractivity contribution in [1.29, 1.82) is 0 Å². The molecule has 0 saturated carbocycles. The lowest BCUT2D eigenvalue weighted by molar-refractivity contribution is -0.144. The number of aliphatic carboxylic acids is 3. The Morgan fingerprint density at radius 1 is 0.800 bits per heavy atom. The maximum absolute atomic E-state index is 12.9. The van der Waals surface area contributed by atoms with Gasteiger partial charge >= 0.3 is 17.9 Å². The summed E-state index contributed by atoms with van der Waals surface area (Å²) < 4.78 is 0. The fourth-order valence-corrected chi connectivity index (χ4v) is 3.41. The molecule has 3 amide bonds. The number of nitrogens with one attached hydrogen (secondary N) is 3. The molecule has 13 nitrogen and oxygen atoms in total. The van der Waals surface area contributed by atoms with E-state index in [0.29, 0.717) is 12.2 Å². The minimum atomic E-state index is -1.36. The Labute approximate surface area is 208 Å². The first-order valence-electron chi connectivity index (χ1n) is 11.2. The Morgan fingerprint density at radius 2 is 1.29 bits per heavy atom. The molecular formula is C21H36N4O9S. The molecule has 0 aromatic heterocycles. The quantitative estimate of drug-likeness (QED) is 0.120. The minimum absolute atomic E-state index is 0.156. The number of rotatable bonds is 18. The summed E-state index contributed by atoms with van der Waals surface area (Å²) in [6, 6.07) is -4.90. The van der Waals surface area contributed by atoms with Crippen LogP contribution in [0.1, 0.15) is 52.4 Å². The number of amides is 3. The summed E-state index contributed by atoms with van der Waals surface area (Å²) in [5.74, 6) is -5.93. The third-order valence-corrected chi connectivity index (χ3v) is 5.95. The first-order valence-corrected chi connectivity index (χ1v) is 12.5. The molecule has 0 aromatic carbocycles. The van der Waals surface area contributed by atoms with Gasteiger partial charge in [0.1, 0.15) is 18.1 Å². The van der Waals surface area contributed by atoms with Gasteiger partial charge in [0.15, 0.2) is 0 Å². The van der Waals surface area contributed by atoms with E-state index in [9.17, 15) is 33.9 Å². The molecule has 0 spiro atoms. The van der Waals surface area contributed by atoms with Gasteiger partial charge in [0.25, 0.3) is 0 Å². The van der Waals surface area contributed by atoms with Crippen molar-refractivity contribution in [1.82, 2.24) is 16.0 Å². The highest BCUT2D eigenvalue weighted by molar-refractivity contribution is 7.98. The number of carboxylic acid groups (broad SMARTS) is 3. The van der Waals surface area contributed by atoms with Crippen LogP contribution in [-0.4, -0.2) is 87.1 Å². The van der Waals surface area contributed by atoms with Crippen molar-refractivity contribution in [3.63, 3.8) is 0 Å². The maximum atomic E-state index is 12.9. The summed E-state index contributed by atoms with van der Waals surface area (Å²) in [7, 11) is 0. The molecule has 35 heavy (non-hydrogen) atoms. The molecular weight excluding hydrogens is 484 g/mol. The third-order valence-electron chi connectivity index (χ3n) is 5.31. The maximum Gasteiger partial charge on any atom is 0.326 e. The van der Waals surface area contributed by atoms with Crippen molar-refractivity contribution in [2.45, 2.75) is 76.5 Å². The van der Waals surface area contributed by atoms with Gasteiger partial charge in [-0.3, -0.25) is 24.0 Å². The van der Waals surface area contributed by atoms with E-state index < -0.39 is 66.2 Å². The highest BCUT2D eigenvalue weighted by Crippen LogP contribution is 2.10. The van der Waals surface area contributed by atoms with Gasteiger partial charge in [0.2, 0.25) is 17.7 Å². The van der Waals surface area contributed by atoms with Gasteiger partial charge in [0, 0.05) is 12.8 Å². The Morgan fingerprint density at radius 3 is 1.77 bits per heavy atom. The lowest BCUT2D eigenvalue weighted by atomic mass is 9.98. The first-order chi connectivity index (χ1) is 16.3. The number of nitrogens with two attached hydrogens (primary N) is 1. The van der Waals surface area contributed by atoms with Crippen molar-refractivity contribution >= 4 is 47.4 Å². The lowest BCUT2D eigenvalue weighted by Crippen LogP contribution is -2.57. The smallest absolute Gasteiger partial charge is 0.326 e. The number of thioether (sulfide) groups is 1. The summed E-state index contributed by atoms with van der Waals surface area (Å²) >= 11 is 1.40. The average molecular weight is 521 g/mol. The topological polar surface area (TPSA) is 225 Å². The molecule has 200 valence electrons. The van der Waals surface area contributed by atoms with Crippen molar-refractivity contribution in [2.75, 3.05) is 12.0 Å². The van der Waals surface area contributed by atoms with E-state index >= 15 is 0 Å². The molecule has 5 unspecified atom stereocenters.